The lowest BCUT2D eigenvalue weighted by molar-refractivity contribution is -0.193. The average molecular weight is 636 g/mol. The molecule has 0 aliphatic carbocycles. The van der Waals surface area contributed by atoms with E-state index in [9.17, 15) is 26.3 Å². The van der Waals surface area contributed by atoms with Crippen molar-refractivity contribution in [1.29, 1.82) is 0 Å². The van der Waals surface area contributed by atoms with Crippen molar-refractivity contribution in [1.82, 2.24) is 29.0 Å². The normalized spacial score (nSPS) is 14.0. The second-order valence-corrected chi connectivity index (χ2v) is 9.42. The number of hydrogen-bond donors (Lipinski definition) is 2. The molecule has 5 rings (SSSR count). The van der Waals surface area contributed by atoms with Gasteiger partial charge in [-0.3, -0.25) is 14.0 Å². The number of anilines is 1. The van der Waals surface area contributed by atoms with Crippen molar-refractivity contribution >= 4 is 35.0 Å². The Hall–Kier alpha value is -4.38. The molecule has 232 valence electrons. The molecule has 0 bridgehead atoms. The lowest BCUT2D eigenvalue weighted by Crippen LogP contribution is -2.46. The minimum atomic E-state index is -5.08. The Morgan fingerprint density at radius 2 is 1.47 bits per heavy atom. The number of carboxylic acid groups (broad SMARTS) is 2. The number of aryl methyl sites for hydroxylation is 1. The van der Waals surface area contributed by atoms with E-state index in [0.717, 1.165) is 60.5 Å². The van der Waals surface area contributed by atoms with Gasteiger partial charge in [-0.15, -0.1) is 0 Å². The van der Waals surface area contributed by atoms with Crippen molar-refractivity contribution in [3.8, 4) is 11.3 Å². The van der Waals surface area contributed by atoms with Crippen molar-refractivity contribution in [2.75, 3.05) is 31.1 Å². The first kappa shape index (κ1) is 33.1. The molecule has 43 heavy (non-hydrogen) atoms. The van der Waals surface area contributed by atoms with E-state index in [1.54, 1.807) is 4.68 Å². The number of imidazole rings is 1. The molecule has 0 saturated carbocycles. The van der Waals surface area contributed by atoms with Gasteiger partial charge in [0.05, 0.1) is 18.1 Å². The third-order valence-electron chi connectivity index (χ3n) is 5.89. The molecule has 0 amide bonds. The molecular formula is C25H24ClF6N7O4. The second kappa shape index (κ2) is 13.7. The summed E-state index contributed by atoms with van der Waals surface area (Å²) >= 11 is 5.99. The van der Waals surface area contributed by atoms with E-state index in [-0.39, 0.29) is 0 Å². The Balaban J connectivity index is 0.000000303. The molecule has 3 aromatic heterocycles. The predicted octanol–water partition coefficient (Wildman–Crippen LogP) is 4.37. The molecule has 18 heteroatoms. The third kappa shape index (κ3) is 9.31. The number of alkyl halides is 6. The highest BCUT2D eigenvalue weighted by atomic mass is 35.5. The van der Waals surface area contributed by atoms with E-state index in [2.05, 4.69) is 41.4 Å². The van der Waals surface area contributed by atoms with Crippen LogP contribution in [0.4, 0.5) is 32.2 Å². The van der Waals surface area contributed by atoms with E-state index < -0.39 is 24.3 Å². The van der Waals surface area contributed by atoms with Gasteiger partial charge in [0, 0.05) is 68.9 Å². The van der Waals surface area contributed by atoms with Gasteiger partial charge in [-0.2, -0.15) is 31.4 Å². The quantitative estimate of drug-likeness (QED) is 0.314. The van der Waals surface area contributed by atoms with Crippen molar-refractivity contribution in [3.63, 3.8) is 0 Å². The predicted molar refractivity (Wildman–Crippen MR) is 142 cm³/mol. The molecule has 0 spiro atoms. The fourth-order valence-electron chi connectivity index (χ4n) is 3.86. The fraction of sp³-hybridized carbons (Fsp3) is 0.320. The van der Waals surface area contributed by atoms with Crippen LogP contribution in [0.25, 0.3) is 16.9 Å². The Bertz CT molecular complexity index is 1510. The van der Waals surface area contributed by atoms with E-state index >= 15 is 0 Å². The van der Waals surface area contributed by atoms with Gasteiger partial charge >= 0.3 is 24.3 Å². The topological polar surface area (TPSA) is 129 Å². The highest BCUT2D eigenvalue weighted by Crippen LogP contribution is 2.26. The average Bonchev–Trinajstić information content (AvgIpc) is 3.56. The maximum absolute atomic E-state index is 10.6. The molecule has 1 aliphatic heterocycles. The number of piperazine rings is 1. The van der Waals surface area contributed by atoms with Crippen molar-refractivity contribution in [2.45, 2.75) is 18.9 Å². The summed E-state index contributed by atoms with van der Waals surface area (Å²) in [5.74, 6) is -4.58. The van der Waals surface area contributed by atoms with Crippen LogP contribution in [-0.4, -0.2) is 89.7 Å². The number of carbonyl (C=O) groups is 2. The first-order chi connectivity index (χ1) is 20.1. The maximum atomic E-state index is 10.6. The van der Waals surface area contributed by atoms with Gasteiger partial charge in [0.2, 0.25) is 0 Å². The summed E-state index contributed by atoms with van der Waals surface area (Å²) in [6.07, 6.45) is -0.596. The van der Waals surface area contributed by atoms with Gasteiger partial charge in [-0.1, -0.05) is 23.7 Å². The SMILES string of the molecule is Cn1cc(-c2cnc3c(N4CCN(Cc5ccc(Cl)cc5)CC4)nccn23)cn1.O=C(O)C(F)(F)F.O=C(O)C(F)(F)F. The van der Waals surface area contributed by atoms with E-state index in [0.29, 0.717) is 0 Å². The Morgan fingerprint density at radius 1 is 0.907 bits per heavy atom. The fourth-order valence-corrected chi connectivity index (χ4v) is 3.99. The molecule has 1 aromatic carbocycles. The van der Waals surface area contributed by atoms with E-state index in [4.69, 9.17) is 31.4 Å². The summed E-state index contributed by atoms with van der Waals surface area (Å²) in [7, 11) is 1.92. The van der Waals surface area contributed by atoms with Crippen molar-refractivity contribution in [2.24, 2.45) is 7.05 Å². The van der Waals surface area contributed by atoms with Crippen molar-refractivity contribution in [3.05, 3.63) is 65.8 Å². The van der Waals surface area contributed by atoms with Crippen molar-refractivity contribution < 1.29 is 46.1 Å². The summed E-state index contributed by atoms with van der Waals surface area (Å²) in [5, 5.41) is 19.3. The smallest absolute Gasteiger partial charge is 0.475 e. The Labute approximate surface area is 244 Å². The number of benzene rings is 1. The molecule has 1 aliphatic rings. The molecule has 0 radical (unpaired) electrons. The number of aliphatic carboxylic acids is 2. The molecular weight excluding hydrogens is 612 g/mol. The van der Waals surface area contributed by atoms with Crippen LogP contribution in [0.15, 0.2) is 55.2 Å². The second-order valence-electron chi connectivity index (χ2n) is 8.99. The minimum Gasteiger partial charge on any atom is -0.475 e. The number of aromatic nitrogens is 5. The van der Waals surface area contributed by atoms with Gasteiger partial charge in [-0.25, -0.2) is 19.6 Å². The highest BCUT2D eigenvalue weighted by Gasteiger charge is 2.38. The summed E-state index contributed by atoms with van der Waals surface area (Å²) in [6.45, 7) is 4.77. The Kier molecular flexibility index (Phi) is 10.6. The lowest BCUT2D eigenvalue weighted by atomic mass is 10.2. The number of hydrogen-bond acceptors (Lipinski definition) is 7. The van der Waals surface area contributed by atoms with Crippen LogP contribution < -0.4 is 4.90 Å². The Morgan fingerprint density at radius 3 is 1.95 bits per heavy atom. The molecule has 0 unspecified atom stereocenters. The molecule has 11 nitrogen and oxygen atoms in total. The lowest BCUT2D eigenvalue weighted by Gasteiger charge is -2.35. The van der Waals surface area contributed by atoms with E-state index in [1.807, 2.05) is 50.2 Å². The largest absolute Gasteiger partial charge is 0.490 e. The number of carboxylic acids is 2. The van der Waals surface area contributed by atoms with Crippen LogP contribution in [0.5, 0.6) is 0 Å². The van der Waals surface area contributed by atoms with Crippen LogP contribution in [0.2, 0.25) is 5.02 Å². The minimum absolute atomic E-state index is 0.781. The number of nitrogens with zero attached hydrogens (tertiary/aromatic N) is 7. The van der Waals surface area contributed by atoms with Gasteiger partial charge in [0.15, 0.2) is 11.5 Å². The first-order valence-corrected chi connectivity index (χ1v) is 12.6. The maximum Gasteiger partial charge on any atom is 0.490 e. The summed E-state index contributed by atoms with van der Waals surface area (Å²) in [4.78, 5) is 31.9. The van der Waals surface area contributed by atoms with Gasteiger partial charge in [0.1, 0.15) is 0 Å². The van der Waals surface area contributed by atoms with E-state index in [1.165, 1.54) is 5.56 Å². The molecule has 1 saturated heterocycles. The van der Waals surface area contributed by atoms with Crippen LogP contribution in [0, 0.1) is 0 Å². The zero-order chi connectivity index (χ0) is 31.9. The van der Waals surface area contributed by atoms with Crippen LogP contribution >= 0.6 is 11.6 Å². The zero-order valence-electron chi connectivity index (χ0n) is 22.2. The molecule has 4 aromatic rings. The van der Waals surface area contributed by atoms with Gasteiger partial charge in [-0.05, 0) is 17.7 Å². The molecule has 1 fully saturated rings. The van der Waals surface area contributed by atoms with Crippen LogP contribution in [-0.2, 0) is 23.2 Å². The molecule has 4 heterocycles. The third-order valence-corrected chi connectivity index (χ3v) is 6.14. The monoisotopic (exact) mass is 635 g/mol. The van der Waals surface area contributed by atoms with Gasteiger partial charge < -0.3 is 15.1 Å². The molecule has 2 N–H and O–H groups in total. The standard InChI is InChI=1S/C21H22ClN7.2C2HF3O2/c1-26-15-17(12-25-26)19-13-24-21-20(23-6-7-29(19)21)28-10-8-27(9-11-28)14-16-2-4-18(22)5-3-16;2*3-2(4,5)1(6)7/h2-7,12-13,15H,8-11,14H2,1H3;2*(H,6,7). The summed E-state index contributed by atoms with van der Waals surface area (Å²) < 4.78 is 67.4. The summed E-state index contributed by atoms with van der Waals surface area (Å²) in [6, 6.07) is 8.11. The van der Waals surface area contributed by atoms with Gasteiger partial charge in [0.25, 0.3) is 0 Å². The highest BCUT2D eigenvalue weighted by molar-refractivity contribution is 6.30. The first-order valence-electron chi connectivity index (χ1n) is 12.2. The molecule has 0 atom stereocenters. The zero-order valence-corrected chi connectivity index (χ0v) is 23.0. The van der Waals surface area contributed by atoms with Crippen LogP contribution in [0.1, 0.15) is 5.56 Å². The summed E-state index contributed by atoms with van der Waals surface area (Å²) in [5.41, 5.74) is 4.25. The van der Waals surface area contributed by atoms with Crippen LogP contribution in [0.3, 0.4) is 0 Å². The number of rotatable bonds is 4. The number of fused-ring (bicyclic) bond motifs is 1. The number of halogens is 7.